The van der Waals surface area contributed by atoms with Crippen molar-refractivity contribution in [2.45, 2.75) is 6.92 Å². The third-order valence-electron chi connectivity index (χ3n) is 3.35. The average Bonchev–Trinajstić information content (AvgIpc) is 2.70. The molecule has 0 fully saturated rings. The lowest BCUT2D eigenvalue weighted by atomic mass is 10.1. The van der Waals surface area contributed by atoms with Gasteiger partial charge in [-0.2, -0.15) is 0 Å². The van der Waals surface area contributed by atoms with Gasteiger partial charge in [0.25, 0.3) is 11.8 Å². The van der Waals surface area contributed by atoms with Crippen molar-refractivity contribution >= 4 is 33.4 Å². The Hall–Kier alpha value is -2.01. The van der Waals surface area contributed by atoms with E-state index in [1.807, 2.05) is 0 Å². The van der Waals surface area contributed by atoms with Crippen LogP contribution in [-0.4, -0.2) is 11.8 Å². The first-order chi connectivity index (χ1) is 9.52. The molecule has 20 heavy (non-hydrogen) atoms. The van der Waals surface area contributed by atoms with Crippen LogP contribution in [0.5, 0.6) is 0 Å². The van der Waals surface area contributed by atoms with Crippen molar-refractivity contribution in [3.8, 4) is 0 Å². The Labute approximate surface area is 123 Å². The summed E-state index contributed by atoms with van der Waals surface area (Å²) in [6, 6.07) is 9.32. The van der Waals surface area contributed by atoms with Gasteiger partial charge in [-0.05, 0) is 52.7 Å². The van der Waals surface area contributed by atoms with Gasteiger partial charge in [0.1, 0.15) is 5.82 Å². The average molecular weight is 334 g/mol. The highest BCUT2D eigenvalue weighted by Crippen LogP contribution is 2.34. The second-order valence-electron chi connectivity index (χ2n) is 4.50. The number of fused-ring (bicyclic) bond motifs is 1. The standard InChI is InChI=1S/C15H9BrFNO2/c1-8-12(7-6-11(17)13(8)16)18-14(19)9-4-2-3-5-10(9)15(18)20/h2-7H,1H3. The molecule has 1 aliphatic rings. The Morgan fingerprint density at radius 2 is 1.55 bits per heavy atom. The molecule has 0 unspecified atom stereocenters. The lowest BCUT2D eigenvalue weighted by Crippen LogP contribution is -2.30. The van der Waals surface area contributed by atoms with Gasteiger partial charge in [-0.25, -0.2) is 9.29 Å². The number of carbonyl (C=O) groups is 2. The summed E-state index contributed by atoms with van der Waals surface area (Å²) in [5, 5.41) is 0. The van der Waals surface area contributed by atoms with E-state index < -0.39 is 5.82 Å². The zero-order valence-electron chi connectivity index (χ0n) is 10.5. The molecule has 0 spiro atoms. The predicted molar refractivity (Wildman–Crippen MR) is 76.4 cm³/mol. The molecule has 0 aromatic heterocycles. The minimum atomic E-state index is -0.428. The maximum atomic E-state index is 13.5. The number of rotatable bonds is 1. The third-order valence-corrected chi connectivity index (χ3v) is 4.32. The van der Waals surface area contributed by atoms with Gasteiger partial charge in [-0.3, -0.25) is 9.59 Å². The molecule has 2 amide bonds. The number of imide groups is 1. The van der Waals surface area contributed by atoms with Gasteiger partial charge in [-0.1, -0.05) is 12.1 Å². The van der Waals surface area contributed by atoms with E-state index in [2.05, 4.69) is 15.9 Å². The molecule has 5 heteroatoms. The van der Waals surface area contributed by atoms with Crippen LogP contribution in [0.4, 0.5) is 10.1 Å². The van der Waals surface area contributed by atoms with E-state index in [0.29, 0.717) is 22.4 Å². The molecule has 0 radical (unpaired) electrons. The van der Waals surface area contributed by atoms with Crippen molar-refractivity contribution in [2.75, 3.05) is 4.90 Å². The van der Waals surface area contributed by atoms with Crippen LogP contribution in [0.25, 0.3) is 0 Å². The maximum absolute atomic E-state index is 13.5. The van der Waals surface area contributed by atoms with Crippen LogP contribution >= 0.6 is 15.9 Å². The minimum Gasteiger partial charge on any atom is -0.268 e. The molecule has 0 bridgehead atoms. The first kappa shape index (κ1) is 13.0. The summed E-state index contributed by atoms with van der Waals surface area (Å²) in [5.74, 6) is -1.19. The Kier molecular flexibility index (Phi) is 2.94. The van der Waals surface area contributed by atoms with Crippen molar-refractivity contribution in [2.24, 2.45) is 0 Å². The molecule has 0 saturated carbocycles. The first-order valence-electron chi connectivity index (χ1n) is 5.95. The summed E-state index contributed by atoms with van der Waals surface area (Å²) in [5.41, 5.74) is 1.65. The van der Waals surface area contributed by atoms with Crippen LogP contribution in [0.3, 0.4) is 0 Å². The second-order valence-corrected chi connectivity index (χ2v) is 5.29. The Balaban J connectivity index is 2.17. The number of amides is 2. The van der Waals surface area contributed by atoms with Crippen LogP contribution in [0.15, 0.2) is 40.9 Å². The summed E-state index contributed by atoms with van der Waals surface area (Å²) in [6.07, 6.45) is 0. The highest BCUT2D eigenvalue weighted by molar-refractivity contribution is 9.10. The Morgan fingerprint density at radius 1 is 1.00 bits per heavy atom. The second kappa shape index (κ2) is 4.52. The van der Waals surface area contributed by atoms with Gasteiger partial charge < -0.3 is 0 Å². The predicted octanol–water partition coefficient (Wildman–Crippen LogP) is 3.70. The number of anilines is 1. The fourth-order valence-corrected chi connectivity index (χ4v) is 2.63. The fourth-order valence-electron chi connectivity index (χ4n) is 2.29. The smallest absolute Gasteiger partial charge is 0.266 e. The molecular formula is C15H9BrFNO2. The molecule has 0 N–H and O–H groups in total. The van der Waals surface area contributed by atoms with E-state index in [9.17, 15) is 14.0 Å². The number of carbonyl (C=O) groups excluding carboxylic acids is 2. The van der Waals surface area contributed by atoms with E-state index in [-0.39, 0.29) is 16.3 Å². The molecule has 3 rings (SSSR count). The molecule has 2 aromatic rings. The normalized spacial score (nSPS) is 13.8. The molecule has 3 nitrogen and oxygen atoms in total. The van der Waals surface area contributed by atoms with Gasteiger partial charge in [0.15, 0.2) is 0 Å². The third kappa shape index (κ3) is 1.70. The minimum absolute atomic E-state index is 0.256. The summed E-state index contributed by atoms with van der Waals surface area (Å²) < 4.78 is 13.7. The van der Waals surface area contributed by atoms with Crippen LogP contribution in [0, 0.1) is 12.7 Å². The van der Waals surface area contributed by atoms with Crippen LogP contribution in [0.1, 0.15) is 26.3 Å². The molecule has 1 heterocycles. The molecule has 0 aliphatic carbocycles. The van der Waals surface area contributed by atoms with Gasteiger partial charge >= 0.3 is 0 Å². The molecule has 100 valence electrons. The van der Waals surface area contributed by atoms with E-state index in [4.69, 9.17) is 0 Å². The number of nitrogens with zero attached hydrogens (tertiary/aromatic N) is 1. The molecule has 0 saturated heterocycles. The van der Waals surface area contributed by atoms with E-state index in [1.54, 1.807) is 31.2 Å². The summed E-state index contributed by atoms with van der Waals surface area (Å²) >= 11 is 3.13. The number of benzene rings is 2. The number of hydrogen-bond acceptors (Lipinski definition) is 2. The topological polar surface area (TPSA) is 37.4 Å². The SMILES string of the molecule is Cc1c(N2C(=O)c3ccccc3C2=O)ccc(F)c1Br. The van der Waals surface area contributed by atoms with Gasteiger partial charge in [0, 0.05) is 0 Å². The first-order valence-corrected chi connectivity index (χ1v) is 6.74. The number of hydrogen-bond donors (Lipinski definition) is 0. The largest absolute Gasteiger partial charge is 0.268 e. The molecule has 2 aromatic carbocycles. The molecular weight excluding hydrogens is 325 g/mol. The van der Waals surface area contributed by atoms with Crippen LogP contribution < -0.4 is 4.90 Å². The Morgan fingerprint density at radius 3 is 2.10 bits per heavy atom. The highest BCUT2D eigenvalue weighted by Gasteiger charge is 2.37. The fraction of sp³-hybridized carbons (Fsp3) is 0.0667. The summed E-state index contributed by atoms with van der Waals surface area (Å²) in [4.78, 5) is 25.8. The number of halogens is 2. The van der Waals surface area contributed by atoms with E-state index >= 15 is 0 Å². The lowest BCUT2D eigenvalue weighted by molar-refractivity contribution is 0.0926. The van der Waals surface area contributed by atoms with Crippen molar-refractivity contribution in [1.29, 1.82) is 0 Å². The lowest BCUT2D eigenvalue weighted by Gasteiger charge is -2.17. The van der Waals surface area contributed by atoms with Gasteiger partial charge in [0.05, 0.1) is 21.3 Å². The summed E-state index contributed by atoms with van der Waals surface area (Å²) in [6.45, 7) is 1.66. The maximum Gasteiger partial charge on any atom is 0.266 e. The molecule has 1 aliphatic heterocycles. The van der Waals surface area contributed by atoms with Gasteiger partial charge in [-0.15, -0.1) is 0 Å². The zero-order chi connectivity index (χ0) is 14.4. The van der Waals surface area contributed by atoms with E-state index in [0.717, 1.165) is 4.90 Å². The molecule has 0 atom stereocenters. The zero-order valence-corrected chi connectivity index (χ0v) is 12.1. The monoisotopic (exact) mass is 333 g/mol. The van der Waals surface area contributed by atoms with Crippen molar-refractivity contribution in [3.05, 3.63) is 63.4 Å². The van der Waals surface area contributed by atoms with E-state index in [1.165, 1.54) is 12.1 Å². The van der Waals surface area contributed by atoms with Crippen LogP contribution in [0.2, 0.25) is 0 Å². The Bertz CT molecular complexity index is 723. The quantitative estimate of drug-likeness (QED) is 0.746. The van der Waals surface area contributed by atoms with Gasteiger partial charge in [0.2, 0.25) is 0 Å². The van der Waals surface area contributed by atoms with Crippen molar-refractivity contribution < 1.29 is 14.0 Å². The summed E-state index contributed by atoms with van der Waals surface area (Å²) in [7, 11) is 0. The van der Waals surface area contributed by atoms with Crippen molar-refractivity contribution in [1.82, 2.24) is 0 Å². The van der Waals surface area contributed by atoms with Crippen LogP contribution in [-0.2, 0) is 0 Å². The highest BCUT2D eigenvalue weighted by atomic mass is 79.9. The van der Waals surface area contributed by atoms with Crippen molar-refractivity contribution in [3.63, 3.8) is 0 Å².